The average Bonchev–Trinajstić information content (AvgIpc) is 3.56. The van der Waals surface area contributed by atoms with Crippen LogP contribution in [0.3, 0.4) is 0 Å². The Bertz CT molecular complexity index is 1040. The molecule has 2 saturated heterocycles. The van der Waals surface area contributed by atoms with Crippen LogP contribution < -0.4 is 4.74 Å². The molecule has 0 amide bonds. The Morgan fingerprint density at radius 1 is 1.08 bits per heavy atom. The first kappa shape index (κ1) is 29.5. The van der Waals surface area contributed by atoms with Crippen LogP contribution in [0.1, 0.15) is 50.2 Å². The molecule has 2 aliphatic heterocycles. The van der Waals surface area contributed by atoms with E-state index in [1.54, 1.807) is 40.1 Å². The highest BCUT2D eigenvalue weighted by atomic mass is 32.2. The molecule has 1 aliphatic carbocycles. The average molecular weight is 550 g/mol. The summed E-state index contributed by atoms with van der Waals surface area (Å²) in [6.45, 7) is 11.8. The number of Topliss-reactive ketones (excluding diaryl/α,β-unsaturated/α-hetero) is 1. The molecular formula is C29H47N3O5S. The monoisotopic (exact) mass is 549 g/mol. The standard InChI is InChI=1S/C29H47N3O5S/c1-21-16-27(36-5)17-22(2)29(21)38(34,35)30(4)14-15-37-20-28(33)23(3)25-8-13-32(19-25)26-9-11-31(12-10-26)18-24-6-7-24/h16-17,23-26H,6-15,18-20H2,1-5H3/t23?,25-/m0/s1. The van der Waals surface area contributed by atoms with E-state index in [0.29, 0.717) is 33.7 Å². The van der Waals surface area contributed by atoms with Crippen LogP contribution in [0.2, 0.25) is 0 Å². The van der Waals surface area contributed by atoms with Crippen molar-refractivity contribution in [2.45, 2.75) is 63.8 Å². The molecule has 1 saturated carbocycles. The maximum atomic E-state index is 13.2. The van der Waals surface area contributed by atoms with Crippen molar-refractivity contribution in [1.82, 2.24) is 14.1 Å². The van der Waals surface area contributed by atoms with E-state index in [4.69, 9.17) is 9.47 Å². The zero-order chi connectivity index (χ0) is 27.4. The fraction of sp³-hybridized carbons (Fsp3) is 0.759. The Kier molecular flexibility index (Phi) is 9.90. The van der Waals surface area contributed by atoms with Crippen molar-refractivity contribution in [1.29, 1.82) is 0 Å². The Hall–Kier alpha value is -1.52. The van der Waals surface area contributed by atoms with Crippen LogP contribution in [0.5, 0.6) is 5.75 Å². The third-order valence-corrected chi connectivity index (χ3v) is 11.1. The minimum Gasteiger partial charge on any atom is -0.497 e. The number of ketones is 1. The van der Waals surface area contributed by atoms with Crippen molar-refractivity contribution >= 4 is 15.8 Å². The van der Waals surface area contributed by atoms with Crippen LogP contribution in [0.15, 0.2) is 17.0 Å². The first-order valence-corrected chi connectivity index (χ1v) is 15.7. The molecule has 0 spiro atoms. The van der Waals surface area contributed by atoms with E-state index in [1.165, 1.54) is 49.6 Å². The molecule has 0 aromatic heterocycles. The number of sulfonamides is 1. The molecule has 1 unspecified atom stereocenters. The summed E-state index contributed by atoms with van der Waals surface area (Å²) in [5, 5.41) is 0. The van der Waals surface area contributed by atoms with E-state index >= 15 is 0 Å². The van der Waals surface area contributed by atoms with Gasteiger partial charge in [-0.3, -0.25) is 9.69 Å². The van der Waals surface area contributed by atoms with Gasteiger partial charge in [0.15, 0.2) is 5.78 Å². The van der Waals surface area contributed by atoms with Crippen LogP contribution in [-0.2, 0) is 19.6 Å². The molecule has 3 aliphatic rings. The number of carbonyl (C=O) groups excluding carboxylic acids is 1. The summed E-state index contributed by atoms with van der Waals surface area (Å²) in [5.41, 5.74) is 1.29. The van der Waals surface area contributed by atoms with E-state index in [2.05, 4.69) is 9.80 Å². The molecule has 214 valence electrons. The first-order chi connectivity index (χ1) is 18.1. The second-order valence-electron chi connectivity index (χ2n) is 11.7. The smallest absolute Gasteiger partial charge is 0.243 e. The van der Waals surface area contributed by atoms with Crippen molar-refractivity contribution in [3.8, 4) is 5.75 Å². The molecule has 1 aromatic rings. The summed E-state index contributed by atoms with van der Waals surface area (Å²) in [5.74, 6) is 2.05. The molecule has 8 nitrogen and oxygen atoms in total. The normalized spacial score (nSPS) is 22.7. The predicted molar refractivity (Wildman–Crippen MR) is 149 cm³/mol. The van der Waals surface area contributed by atoms with Crippen molar-refractivity contribution in [2.75, 3.05) is 66.6 Å². The molecule has 9 heteroatoms. The lowest BCUT2D eigenvalue weighted by Crippen LogP contribution is -2.44. The molecule has 2 heterocycles. The summed E-state index contributed by atoms with van der Waals surface area (Å²) in [6, 6.07) is 4.11. The number of hydrogen-bond donors (Lipinski definition) is 0. The van der Waals surface area contributed by atoms with E-state index in [9.17, 15) is 13.2 Å². The molecule has 1 aromatic carbocycles. The van der Waals surface area contributed by atoms with E-state index in [-0.39, 0.29) is 31.5 Å². The fourth-order valence-corrected chi connectivity index (χ4v) is 7.72. The van der Waals surface area contributed by atoms with Gasteiger partial charge in [-0.05, 0) is 101 Å². The van der Waals surface area contributed by atoms with Crippen LogP contribution in [0.4, 0.5) is 0 Å². The summed E-state index contributed by atoms with van der Waals surface area (Å²) >= 11 is 0. The number of piperidine rings is 1. The molecule has 2 atom stereocenters. The van der Waals surface area contributed by atoms with Gasteiger partial charge in [-0.25, -0.2) is 8.42 Å². The highest BCUT2D eigenvalue weighted by Crippen LogP contribution is 2.33. The summed E-state index contributed by atoms with van der Waals surface area (Å²) in [4.78, 5) is 18.4. The number of likely N-dealkylation sites (N-methyl/N-ethyl adjacent to an activating group) is 1. The van der Waals surface area contributed by atoms with Gasteiger partial charge in [0.1, 0.15) is 12.4 Å². The van der Waals surface area contributed by atoms with E-state index in [1.807, 2.05) is 6.92 Å². The minimum absolute atomic E-state index is 0.0334. The van der Waals surface area contributed by atoms with Gasteiger partial charge in [-0.15, -0.1) is 0 Å². The number of hydrogen-bond acceptors (Lipinski definition) is 7. The minimum atomic E-state index is -3.67. The number of nitrogens with zero attached hydrogens (tertiary/aromatic N) is 3. The highest BCUT2D eigenvalue weighted by Gasteiger charge is 2.36. The number of rotatable bonds is 13. The molecule has 0 N–H and O–H groups in total. The molecule has 0 radical (unpaired) electrons. The van der Waals surface area contributed by atoms with E-state index in [0.717, 1.165) is 25.4 Å². The Morgan fingerprint density at radius 3 is 2.34 bits per heavy atom. The van der Waals surface area contributed by atoms with Crippen LogP contribution in [0, 0.1) is 31.6 Å². The van der Waals surface area contributed by atoms with Crippen molar-refractivity contribution in [3.63, 3.8) is 0 Å². The van der Waals surface area contributed by atoms with Crippen LogP contribution in [0.25, 0.3) is 0 Å². The number of ether oxygens (including phenoxy) is 2. The van der Waals surface area contributed by atoms with Crippen LogP contribution >= 0.6 is 0 Å². The van der Waals surface area contributed by atoms with Crippen molar-refractivity contribution < 1.29 is 22.7 Å². The topological polar surface area (TPSA) is 79.4 Å². The number of likely N-dealkylation sites (tertiary alicyclic amines) is 2. The SMILES string of the molecule is COc1cc(C)c(S(=O)(=O)N(C)CCOCC(=O)C(C)[C@H]2CCN(C3CCN(CC4CC4)CC3)C2)c(C)c1. The number of benzene rings is 1. The van der Waals surface area contributed by atoms with Crippen LogP contribution in [-0.4, -0.2) is 101 Å². The number of aryl methyl sites for hydroxylation is 2. The lowest BCUT2D eigenvalue weighted by Gasteiger charge is -2.37. The second kappa shape index (κ2) is 12.8. The van der Waals surface area contributed by atoms with Gasteiger partial charge in [-0.2, -0.15) is 4.31 Å². The quantitative estimate of drug-likeness (QED) is 0.349. The van der Waals surface area contributed by atoms with Gasteiger partial charge >= 0.3 is 0 Å². The molecule has 38 heavy (non-hydrogen) atoms. The maximum absolute atomic E-state index is 13.2. The Balaban J connectivity index is 1.18. The Labute approximate surface area is 229 Å². The van der Waals surface area contributed by atoms with Crippen molar-refractivity contribution in [3.05, 3.63) is 23.3 Å². The predicted octanol–water partition coefficient (Wildman–Crippen LogP) is 3.35. The third-order valence-electron chi connectivity index (χ3n) is 8.89. The van der Waals surface area contributed by atoms with Gasteiger partial charge in [0.2, 0.25) is 10.0 Å². The third kappa shape index (κ3) is 7.16. The number of methoxy groups -OCH3 is 1. The van der Waals surface area contributed by atoms with Gasteiger partial charge in [0, 0.05) is 38.6 Å². The van der Waals surface area contributed by atoms with Gasteiger partial charge in [0.25, 0.3) is 0 Å². The zero-order valence-corrected chi connectivity index (χ0v) is 24.8. The van der Waals surface area contributed by atoms with Crippen molar-refractivity contribution in [2.24, 2.45) is 17.8 Å². The first-order valence-electron chi connectivity index (χ1n) is 14.3. The summed E-state index contributed by atoms with van der Waals surface area (Å²) in [6.07, 6.45) is 6.40. The van der Waals surface area contributed by atoms with Gasteiger partial charge in [0.05, 0.1) is 18.6 Å². The number of carbonyl (C=O) groups is 1. The fourth-order valence-electron chi connectivity index (χ4n) is 6.16. The largest absolute Gasteiger partial charge is 0.497 e. The zero-order valence-electron chi connectivity index (χ0n) is 23.9. The maximum Gasteiger partial charge on any atom is 0.243 e. The summed E-state index contributed by atoms with van der Waals surface area (Å²) < 4.78 is 38.6. The van der Waals surface area contributed by atoms with Gasteiger partial charge < -0.3 is 14.4 Å². The molecular weight excluding hydrogens is 502 g/mol. The lowest BCUT2D eigenvalue weighted by molar-refractivity contribution is -0.128. The summed E-state index contributed by atoms with van der Waals surface area (Å²) in [7, 11) is -0.557. The second-order valence-corrected chi connectivity index (χ2v) is 13.7. The lowest BCUT2D eigenvalue weighted by atomic mass is 9.90. The highest BCUT2D eigenvalue weighted by molar-refractivity contribution is 7.89. The molecule has 4 rings (SSSR count). The molecule has 3 fully saturated rings. The Morgan fingerprint density at radius 2 is 1.74 bits per heavy atom. The molecule has 0 bridgehead atoms. The van der Waals surface area contributed by atoms with Gasteiger partial charge in [-0.1, -0.05) is 6.92 Å². The van der Waals surface area contributed by atoms with E-state index < -0.39 is 10.0 Å².